The Morgan fingerprint density at radius 1 is 1.23 bits per heavy atom. The molecule has 0 saturated carbocycles. The quantitative estimate of drug-likeness (QED) is 0.670. The number of fused-ring (bicyclic) bond motifs is 1. The number of nitrogens with one attached hydrogen (secondary N) is 1. The lowest BCUT2D eigenvalue weighted by molar-refractivity contribution is -0.115. The van der Waals surface area contributed by atoms with Crippen molar-refractivity contribution in [3.8, 4) is 11.5 Å². The van der Waals surface area contributed by atoms with Crippen molar-refractivity contribution in [1.29, 1.82) is 0 Å². The molecular weight excluding hydrogens is 370 g/mol. The van der Waals surface area contributed by atoms with Crippen LogP contribution in [0.2, 0.25) is 0 Å². The van der Waals surface area contributed by atoms with E-state index < -0.39 is 0 Å². The average Bonchev–Trinajstić information content (AvgIpc) is 3.19. The van der Waals surface area contributed by atoms with E-state index in [1.54, 1.807) is 37.5 Å². The summed E-state index contributed by atoms with van der Waals surface area (Å²) in [6.45, 7) is 0. The maximum atomic E-state index is 12.1. The summed E-state index contributed by atoms with van der Waals surface area (Å²) in [7, 11) is 1.62. The molecule has 2 aromatic carbocycles. The van der Waals surface area contributed by atoms with Gasteiger partial charge in [-0.05, 0) is 53.7 Å². The molecule has 130 valence electrons. The van der Waals surface area contributed by atoms with Crippen LogP contribution in [0.15, 0.2) is 52.4 Å². The van der Waals surface area contributed by atoms with Gasteiger partial charge < -0.3 is 15.2 Å². The third-order valence-corrected chi connectivity index (χ3v) is 5.45. The van der Waals surface area contributed by atoms with Gasteiger partial charge >= 0.3 is 0 Å². The van der Waals surface area contributed by atoms with Crippen LogP contribution in [0.3, 0.4) is 0 Å². The molecule has 0 spiro atoms. The van der Waals surface area contributed by atoms with Crippen molar-refractivity contribution >= 4 is 55.6 Å². The minimum atomic E-state index is -0.204. The number of thiazole rings is 1. The molecule has 2 heterocycles. The minimum absolute atomic E-state index is 0.186. The van der Waals surface area contributed by atoms with Crippen LogP contribution in [-0.2, 0) is 4.79 Å². The van der Waals surface area contributed by atoms with E-state index in [0.29, 0.717) is 15.2 Å². The van der Waals surface area contributed by atoms with Crippen molar-refractivity contribution < 1.29 is 14.6 Å². The van der Waals surface area contributed by atoms with Crippen LogP contribution in [0.4, 0.5) is 5.13 Å². The number of phenolic OH excluding ortho intramolecular Hbond substituents is 1. The number of carbonyl (C=O) groups excluding carboxylic acids is 1. The third-order valence-electron chi connectivity index (χ3n) is 3.62. The van der Waals surface area contributed by atoms with Crippen LogP contribution in [0.1, 0.15) is 5.56 Å². The van der Waals surface area contributed by atoms with Crippen LogP contribution < -0.4 is 10.1 Å². The van der Waals surface area contributed by atoms with E-state index in [9.17, 15) is 9.90 Å². The van der Waals surface area contributed by atoms with Crippen molar-refractivity contribution in [2.24, 2.45) is 4.99 Å². The summed E-state index contributed by atoms with van der Waals surface area (Å²) < 4.78 is 6.19. The van der Waals surface area contributed by atoms with Crippen LogP contribution in [0, 0.1) is 0 Å². The molecule has 6 nitrogen and oxygen atoms in total. The van der Waals surface area contributed by atoms with Gasteiger partial charge in [-0.15, -0.1) is 0 Å². The van der Waals surface area contributed by atoms with Crippen LogP contribution in [0.25, 0.3) is 16.3 Å². The van der Waals surface area contributed by atoms with Crippen molar-refractivity contribution in [3.63, 3.8) is 0 Å². The lowest BCUT2D eigenvalue weighted by atomic mass is 10.2. The summed E-state index contributed by atoms with van der Waals surface area (Å²) in [5.41, 5.74) is 1.66. The smallest absolute Gasteiger partial charge is 0.264 e. The van der Waals surface area contributed by atoms with E-state index in [0.717, 1.165) is 21.5 Å². The summed E-state index contributed by atoms with van der Waals surface area (Å²) in [5, 5.41) is 13.1. The molecule has 3 aromatic rings. The fourth-order valence-corrected chi connectivity index (χ4v) is 4.11. The van der Waals surface area contributed by atoms with Gasteiger partial charge in [0, 0.05) is 0 Å². The summed E-state index contributed by atoms with van der Waals surface area (Å²) in [5.74, 6) is 0.748. The number of rotatable bonds is 3. The molecule has 1 aliphatic rings. The highest BCUT2D eigenvalue weighted by Crippen LogP contribution is 2.33. The number of amides is 1. The highest BCUT2D eigenvalue weighted by Gasteiger charge is 2.24. The number of benzene rings is 2. The Morgan fingerprint density at radius 3 is 2.81 bits per heavy atom. The number of phenols is 1. The maximum Gasteiger partial charge on any atom is 0.264 e. The SMILES string of the molecule is COc1ccc2nc(/N=C3/NC(=O)C(=Cc4ccc(O)cc4)S3)sc2c1. The molecule has 1 saturated heterocycles. The number of aromatic hydroxyl groups is 1. The summed E-state index contributed by atoms with van der Waals surface area (Å²) in [6, 6.07) is 12.3. The zero-order valence-corrected chi connectivity index (χ0v) is 15.2. The number of nitrogens with zero attached hydrogens (tertiary/aromatic N) is 2. The first-order chi connectivity index (χ1) is 12.6. The first kappa shape index (κ1) is 16.6. The van der Waals surface area contributed by atoms with Crippen LogP contribution >= 0.6 is 23.1 Å². The zero-order chi connectivity index (χ0) is 18.1. The van der Waals surface area contributed by atoms with Gasteiger partial charge in [0.15, 0.2) is 5.17 Å². The molecule has 1 amide bonds. The highest BCUT2D eigenvalue weighted by molar-refractivity contribution is 8.18. The van der Waals surface area contributed by atoms with Crippen molar-refractivity contribution in [2.45, 2.75) is 0 Å². The molecule has 0 bridgehead atoms. The van der Waals surface area contributed by atoms with Crippen LogP contribution in [-0.4, -0.2) is 28.3 Å². The van der Waals surface area contributed by atoms with Gasteiger partial charge in [0.25, 0.3) is 5.91 Å². The van der Waals surface area contributed by atoms with Crippen molar-refractivity contribution in [1.82, 2.24) is 10.3 Å². The first-order valence-electron chi connectivity index (χ1n) is 7.64. The van der Waals surface area contributed by atoms with E-state index in [1.807, 2.05) is 18.2 Å². The maximum absolute atomic E-state index is 12.1. The highest BCUT2D eigenvalue weighted by atomic mass is 32.2. The second kappa shape index (κ2) is 6.81. The Balaban J connectivity index is 1.59. The third kappa shape index (κ3) is 3.42. The number of carbonyl (C=O) groups is 1. The average molecular weight is 383 g/mol. The second-order valence-electron chi connectivity index (χ2n) is 5.40. The van der Waals surface area contributed by atoms with E-state index >= 15 is 0 Å². The molecule has 1 fully saturated rings. The number of amidine groups is 1. The van der Waals surface area contributed by atoms with Gasteiger partial charge in [0.05, 0.1) is 22.2 Å². The Labute approximate surface area is 157 Å². The molecule has 0 radical (unpaired) electrons. The number of ether oxygens (including phenoxy) is 1. The van der Waals surface area contributed by atoms with Crippen molar-refractivity contribution in [2.75, 3.05) is 7.11 Å². The molecule has 1 aromatic heterocycles. The number of thioether (sulfide) groups is 1. The molecule has 2 N–H and O–H groups in total. The standard InChI is InChI=1S/C18H13N3O3S2/c1-24-12-6-7-13-14(9-12)25-17(19-13)21-18-20-16(23)15(26-18)8-10-2-4-11(22)5-3-10/h2-9,22H,1H3,(H,19,20,21,23). The second-order valence-corrected chi connectivity index (χ2v) is 7.44. The largest absolute Gasteiger partial charge is 0.508 e. The van der Waals surface area contributed by atoms with Crippen molar-refractivity contribution in [3.05, 3.63) is 52.9 Å². The van der Waals surface area contributed by atoms with E-state index in [2.05, 4.69) is 15.3 Å². The van der Waals surface area contributed by atoms with Crippen LogP contribution in [0.5, 0.6) is 11.5 Å². The fraction of sp³-hybridized carbons (Fsp3) is 0.0556. The van der Waals surface area contributed by atoms with Gasteiger partial charge in [-0.2, -0.15) is 4.99 Å². The van der Waals surface area contributed by atoms with E-state index in [1.165, 1.54) is 23.1 Å². The molecule has 0 atom stereocenters. The predicted molar refractivity (Wildman–Crippen MR) is 105 cm³/mol. The summed E-state index contributed by atoms with van der Waals surface area (Å²) in [6.07, 6.45) is 1.76. The Morgan fingerprint density at radius 2 is 2.04 bits per heavy atom. The molecule has 8 heteroatoms. The van der Waals surface area contributed by atoms with Gasteiger partial charge in [-0.3, -0.25) is 4.79 Å². The van der Waals surface area contributed by atoms with E-state index in [-0.39, 0.29) is 11.7 Å². The normalized spacial score (nSPS) is 17.2. The lowest BCUT2D eigenvalue weighted by Gasteiger charge is -1.96. The number of aromatic nitrogens is 1. The monoisotopic (exact) mass is 383 g/mol. The molecular formula is C18H13N3O3S2. The molecule has 0 unspecified atom stereocenters. The topological polar surface area (TPSA) is 83.8 Å². The molecule has 26 heavy (non-hydrogen) atoms. The Bertz CT molecular complexity index is 1060. The predicted octanol–water partition coefficient (Wildman–Crippen LogP) is 3.90. The van der Waals surface area contributed by atoms with Gasteiger partial charge in [0.1, 0.15) is 11.5 Å². The van der Waals surface area contributed by atoms with Gasteiger partial charge in [0.2, 0.25) is 5.13 Å². The first-order valence-corrected chi connectivity index (χ1v) is 9.27. The van der Waals surface area contributed by atoms with E-state index in [4.69, 9.17) is 4.74 Å². The summed E-state index contributed by atoms with van der Waals surface area (Å²) >= 11 is 2.69. The Kier molecular flexibility index (Phi) is 4.36. The number of aliphatic imine (C=N–C) groups is 1. The van der Waals surface area contributed by atoms with Gasteiger partial charge in [-0.1, -0.05) is 23.5 Å². The molecule has 1 aliphatic heterocycles. The minimum Gasteiger partial charge on any atom is -0.508 e. The fourth-order valence-electron chi connectivity index (χ4n) is 2.36. The molecule has 4 rings (SSSR count). The summed E-state index contributed by atoms with van der Waals surface area (Å²) in [4.78, 5) is 21.6. The lowest BCUT2D eigenvalue weighted by Crippen LogP contribution is -2.19. The zero-order valence-electron chi connectivity index (χ0n) is 13.6. The van der Waals surface area contributed by atoms with Gasteiger partial charge in [-0.25, -0.2) is 4.98 Å². The number of hydrogen-bond acceptors (Lipinski definition) is 7. The Hall–Kier alpha value is -2.84. The number of methoxy groups -OCH3 is 1. The number of hydrogen-bond donors (Lipinski definition) is 2. The molecule has 0 aliphatic carbocycles.